The van der Waals surface area contributed by atoms with Gasteiger partial charge in [0.25, 0.3) is 0 Å². The fourth-order valence-electron chi connectivity index (χ4n) is 0. The van der Waals surface area contributed by atoms with Crippen molar-refractivity contribution in [3.63, 3.8) is 0 Å². The van der Waals surface area contributed by atoms with Crippen LogP contribution in [-0.2, 0) is 0 Å². The van der Waals surface area contributed by atoms with E-state index in [4.69, 9.17) is 12.3 Å². The van der Waals surface area contributed by atoms with Gasteiger partial charge < -0.3 is 0 Å². The first-order valence-electron chi connectivity index (χ1n) is 0.600. The summed E-state index contributed by atoms with van der Waals surface area (Å²) in [6.45, 7) is 0. The molecule has 0 saturated heterocycles. The van der Waals surface area contributed by atoms with Crippen LogP contribution < -0.4 is 0 Å². The molecule has 0 aromatic carbocycles. The van der Waals surface area contributed by atoms with E-state index in [2.05, 4.69) is 0 Å². The van der Waals surface area contributed by atoms with E-state index in [9.17, 15) is 0 Å². The van der Waals surface area contributed by atoms with Crippen LogP contribution in [-0.4, -0.2) is 73.6 Å². The Balaban J connectivity index is -0.0000000450. The second-order valence-corrected chi connectivity index (χ2v) is 1.39. The molecule has 0 aliphatic heterocycles. The summed E-state index contributed by atoms with van der Waals surface area (Å²) in [5.74, 6) is 0. The molecule has 3 N–H and O–H groups in total. The van der Waals surface area contributed by atoms with Crippen LogP contribution in [0.2, 0.25) is 0 Å². The van der Waals surface area contributed by atoms with E-state index in [-0.39, 0.29) is 45.6 Å². The van der Waals surface area contributed by atoms with Crippen LogP contribution in [0, 0.1) is 0 Å². The maximum absolute atomic E-state index is 7.31. The Morgan fingerprint density at radius 2 is 1.00 bits per heavy atom. The Kier molecular flexibility index (Phi) is 26.2. The van der Waals surface area contributed by atoms with Crippen molar-refractivity contribution in [3.05, 3.63) is 0 Å². The van der Waals surface area contributed by atoms with Gasteiger partial charge in [0.1, 0.15) is 0 Å². The zero-order chi connectivity index (χ0) is 3.58. The van der Waals surface area contributed by atoms with E-state index in [1.165, 1.54) is 0 Å². The van der Waals surface area contributed by atoms with Gasteiger partial charge in [0.05, 0.1) is 0 Å². The van der Waals surface area contributed by atoms with Crippen molar-refractivity contribution in [1.82, 2.24) is 0 Å². The molecule has 3 nitrogen and oxygen atoms in total. The molecule has 0 amide bonds. The van der Waals surface area contributed by atoms with E-state index in [1.807, 2.05) is 0 Å². The molecule has 0 unspecified atom stereocenters. The molecular formula is H9AsGaInO3. The zero-order valence-electron chi connectivity index (χ0n) is 1.79. The summed E-state index contributed by atoms with van der Waals surface area (Å²) in [5.41, 5.74) is 0. The Bertz CT molecular complexity index is 15.5. The van der Waals surface area contributed by atoms with Gasteiger partial charge in [0.15, 0.2) is 0 Å². The van der Waals surface area contributed by atoms with Crippen LogP contribution >= 0.6 is 0 Å². The monoisotopic (exact) mass is 316 g/mol. The van der Waals surface area contributed by atoms with Crippen LogP contribution in [0.4, 0.5) is 0 Å². The second kappa shape index (κ2) is 10.0. The molecule has 6 heavy (non-hydrogen) atoms. The molecule has 6 heteroatoms. The first-order chi connectivity index (χ1) is 1.73. The standard InChI is InChI=1S/AsH3O3.Ga.In.6H/c2-1(3)4;;;;;;;;/h2-4H;;;;;;;;. The molecule has 0 bridgehead atoms. The van der Waals surface area contributed by atoms with Crippen molar-refractivity contribution in [2.75, 3.05) is 0 Å². The molecule has 0 atom stereocenters. The van der Waals surface area contributed by atoms with Gasteiger partial charge in [-0.1, -0.05) is 0 Å². The van der Waals surface area contributed by atoms with Crippen molar-refractivity contribution < 1.29 is 12.3 Å². The van der Waals surface area contributed by atoms with E-state index >= 15 is 0 Å². The van der Waals surface area contributed by atoms with Crippen molar-refractivity contribution in [2.45, 2.75) is 0 Å². The van der Waals surface area contributed by atoms with E-state index in [0.29, 0.717) is 0 Å². The molecule has 38 valence electrons. The predicted molar refractivity (Wildman–Crippen MR) is 32.3 cm³/mol. The summed E-state index contributed by atoms with van der Waals surface area (Å²) >= 11 is -3.19. The molecule has 0 aliphatic rings. The molecule has 0 heterocycles. The molecular weight excluding hydrogens is 307 g/mol. The normalized spacial score (nSPS) is 6.00. The first-order valence-corrected chi connectivity index (χ1v) is 3.12. The van der Waals surface area contributed by atoms with Gasteiger partial charge >= 0.3 is 73.6 Å². The van der Waals surface area contributed by atoms with Gasteiger partial charge in [-0.2, -0.15) is 0 Å². The molecule has 0 saturated carbocycles. The van der Waals surface area contributed by atoms with Crippen LogP contribution in [0.25, 0.3) is 0 Å². The number of hydrogen-bond acceptors (Lipinski definition) is 3. The van der Waals surface area contributed by atoms with Crippen molar-refractivity contribution >= 4 is 61.3 Å². The van der Waals surface area contributed by atoms with Crippen LogP contribution in [0.5, 0.6) is 0 Å². The van der Waals surface area contributed by atoms with Gasteiger partial charge in [-0.3, -0.25) is 0 Å². The summed E-state index contributed by atoms with van der Waals surface area (Å²) in [7, 11) is 0. The third-order valence-electron chi connectivity index (χ3n) is 0. The third kappa shape index (κ3) is 38.4. The van der Waals surface area contributed by atoms with E-state index < -0.39 is 15.7 Å². The van der Waals surface area contributed by atoms with Crippen molar-refractivity contribution in [3.8, 4) is 0 Å². The van der Waals surface area contributed by atoms with Crippen molar-refractivity contribution in [2.24, 2.45) is 0 Å². The SMILES string of the molecule is O[As](O)O.[GaH3].[InH3]. The van der Waals surface area contributed by atoms with Crippen LogP contribution in [0.3, 0.4) is 0 Å². The summed E-state index contributed by atoms with van der Waals surface area (Å²) in [6.07, 6.45) is 0. The molecule has 0 radical (unpaired) electrons. The fourth-order valence-corrected chi connectivity index (χ4v) is 0. The minimum atomic E-state index is -3.19. The average Bonchev–Trinajstić information content (AvgIpc) is 0.811. The summed E-state index contributed by atoms with van der Waals surface area (Å²) in [5, 5.41) is 0. The third-order valence-corrected chi connectivity index (χ3v) is 0. The minimum absolute atomic E-state index is 0. The van der Waals surface area contributed by atoms with Gasteiger partial charge in [0, 0.05) is 0 Å². The molecule has 0 aromatic rings. The molecule has 0 aromatic heterocycles. The topological polar surface area (TPSA) is 60.7 Å². The Labute approximate surface area is 72.9 Å². The molecule has 0 aliphatic carbocycles. The average molecular weight is 317 g/mol. The Morgan fingerprint density at radius 3 is 1.00 bits per heavy atom. The molecule has 0 rings (SSSR count). The van der Waals surface area contributed by atoms with Gasteiger partial charge in [0.2, 0.25) is 0 Å². The summed E-state index contributed by atoms with van der Waals surface area (Å²) in [4.78, 5) is 0. The quantitative estimate of drug-likeness (QED) is 0.396. The second-order valence-electron chi connectivity index (χ2n) is 0.268. The summed E-state index contributed by atoms with van der Waals surface area (Å²) < 4.78 is 21.9. The fraction of sp³-hybridized carbons (Fsp3) is 0. The molecule has 0 fully saturated rings. The van der Waals surface area contributed by atoms with Crippen LogP contribution in [0.1, 0.15) is 0 Å². The summed E-state index contributed by atoms with van der Waals surface area (Å²) in [6, 6.07) is 0. The van der Waals surface area contributed by atoms with Crippen LogP contribution in [0.15, 0.2) is 0 Å². The van der Waals surface area contributed by atoms with Gasteiger partial charge in [-0.25, -0.2) is 0 Å². The van der Waals surface area contributed by atoms with Gasteiger partial charge in [-0.15, -0.1) is 0 Å². The first kappa shape index (κ1) is 15.7. The maximum atomic E-state index is 7.31. The Hall–Kier alpha value is 1.94. The van der Waals surface area contributed by atoms with E-state index in [1.54, 1.807) is 0 Å². The molecule has 0 spiro atoms. The number of hydrogen-bond donors (Lipinski definition) is 3. The number of rotatable bonds is 0. The van der Waals surface area contributed by atoms with Gasteiger partial charge in [-0.05, 0) is 0 Å². The Morgan fingerprint density at radius 1 is 1.00 bits per heavy atom. The van der Waals surface area contributed by atoms with Crippen molar-refractivity contribution in [1.29, 1.82) is 0 Å². The zero-order valence-corrected chi connectivity index (χ0v) is 3.67. The predicted octanol–water partition coefficient (Wildman–Crippen LogP) is -4.42. The van der Waals surface area contributed by atoms with E-state index in [0.717, 1.165) is 0 Å².